The summed E-state index contributed by atoms with van der Waals surface area (Å²) in [4.78, 5) is 12.2. The van der Waals surface area contributed by atoms with Gasteiger partial charge in [-0.15, -0.1) is 0 Å². The van der Waals surface area contributed by atoms with Gasteiger partial charge in [0.05, 0.1) is 0 Å². The SMILES string of the molecule is CC(C)n1cc(Br)cc1C(=O)NCC1CCCC1. The van der Waals surface area contributed by atoms with E-state index in [1.54, 1.807) is 0 Å². The number of hydrogen-bond donors (Lipinski definition) is 1. The molecule has 0 saturated heterocycles. The molecule has 1 amide bonds. The topological polar surface area (TPSA) is 34.0 Å². The molecule has 18 heavy (non-hydrogen) atoms. The lowest BCUT2D eigenvalue weighted by molar-refractivity contribution is 0.0936. The quantitative estimate of drug-likeness (QED) is 0.902. The van der Waals surface area contributed by atoms with Crippen LogP contribution in [0.1, 0.15) is 56.1 Å². The highest BCUT2D eigenvalue weighted by Gasteiger charge is 2.18. The summed E-state index contributed by atoms with van der Waals surface area (Å²) in [5.41, 5.74) is 0.745. The molecule has 0 unspecified atom stereocenters. The second-order valence-electron chi connectivity index (χ2n) is 5.41. The Labute approximate surface area is 117 Å². The van der Waals surface area contributed by atoms with Crippen LogP contribution in [0.5, 0.6) is 0 Å². The molecule has 1 N–H and O–H groups in total. The Hall–Kier alpha value is -0.770. The van der Waals surface area contributed by atoms with E-state index in [0.717, 1.165) is 16.7 Å². The largest absolute Gasteiger partial charge is 0.350 e. The lowest BCUT2D eigenvalue weighted by atomic mass is 10.1. The van der Waals surface area contributed by atoms with Gasteiger partial charge in [-0.1, -0.05) is 12.8 Å². The van der Waals surface area contributed by atoms with Gasteiger partial charge >= 0.3 is 0 Å². The summed E-state index contributed by atoms with van der Waals surface area (Å²) < 4.78 is 2.97. The molecule has 1 fully saturated rings. The van der Waals surface area contributed by atoms with Gasteiger partial charge in [0.25, 0.3) is 5.91 Å². The van der Waals surface area contributed by atoms with Gasteiger partial charge in [-0.05, 0) is 54.6 Å². The predicted octanol–water partition coefficient (Wildman–Crippen LogP) is 3.75. The first-order chi connectivity index (χ1) is 8.58. The molecule has 4 heteroatoms. The minimum Gasteiger partial charge on any atom is -0.350 e. The molecule has 0 radical (unpaired) electrons. The zero-order valence-corrected chi connectivity index (χ0v) is 12.7. The van der Waals surface area contributed by atoms with Gasteiger partial charge in [0.1, 0.15) is 5.69 Å². The zero-order chi connectivity index (χ0) is 13.1. The Morgan fingerprint density at radius 1 is 1.50 bits per heavy atom. The van der Waals surface area contributed by atoms with Gasteiger partial charge < -0.3 is 9.88 Å². The number of rotatable bonds is 4. The highest BCUT2D eigenvalue weighted by atomic mass is 79.9. The number of hydrogen-bond acceptors (Lipinski definition) is 1. The van der Waals surface area contributed by atoms with Crippen molar-refractivity contribution in [2.45, 2.75) is 45.6 Å². The Kier molecular flexibility index (Phi) is 4.49. The summed E-state index contributed by atoms with van der Waals surface area (Å²) in [6.45, 7) is 4.99. The first-order valence-corrected chi connectivity index (χ1v) is 7.53. The van der Waals surface area contributed by atoms with Gasteiger partial charge in [-0.25, -0.2) is 0 Å². The van der Waals surface area contributed by atoms with Crippen molar-refractivity contribution in [3.63, 3.8) is 0 Å². The van der Waals surface area contributed by atoms with Gasteiger partial charge in [0.2, 0.25) is 0 Å². The second-order valence-corrected chi connectivity index (χ2v) is 6.32. The number of amides is 1. The fourth-order valence-electron chi connectivity index (χ4n) is 2.60. The average Bonchev–Trinajstić information content (AvgIpc) is 2.94. The van der Waals surface area contributed by atoms with Crippen LogP contribution in [0.3, 0.4) is 0 Å². The molecule has 100 valence electrons. The fraction of sp³-hybridized carbons (Fsp3) is 0.643. The summed E-state index contributed by atoms with van der Waals surface area (Å²) in [6.07, 6.45) is 7.11. The van der Waals surface area contributed by atoms with Crippen LogP contribution in [-0.4, -0.2) is 17.0 Å². The highest BCUT2D eigenvalue weighted by molar-refractivity contribution is 9.10. The molecule has 0 aliphatic heterocycles. The predicted molar refractivity (Wildman–Crippen MR) is 76.8 cm³/mol. The molecule has 0 atom stereocenters. The Morgan fingerprint density at radius 3 is 2.78 bits per heavy atom. The van der Waals surface area contributed by atoms with Crippen molar-refractivity contribution in [3.8, 4) is 0 Å². The standard InChI is InChI=1S/C14H21BrN2O/c1-10(2)17-9-12(15)7-13(17)14(18)16-8-11-5-3-4-6-11/h7,9-11H,3-6,8H2,1-2H3,(H,16,18). The van der Waals surface area contributed by atoms with Crippen LogP contribution in [0, 0.1) is 5.92 Å². The van der Waals surface area contributed by atoms with Crippen LogP contribution in [0.25, 0.3) is 0 Å². The van der Waals surface area contributed by atoms with E-state index in [2.05, 4.69) is 35.1 Å². The monoisotopic (exact) mass is 312 g/mol. The molecule has 0 bridgehead atoms. The van der Waals surface area contributed by atoms with Crippen LogP contribution in [0.15, 0.2) is 16.7 Å². The Bertz CT molecular complexity index is 419. The molecule has 1 heterocycles. The van der Waals surface area contributed by atoms with E-state index in [-0.39, 0.29) is 5.91 Å². The maximum absolute atomic E-state index is 12.2. The van der Waals surface area contributed by atoms with E-state index in [9.17, 15) is 4.79 Å². The van der Waals surface area contributed by atoms with Gasteiger partial charge in [0.15, 0.2) is 0 Å². The maximum atomic E-state index is 12.2. The number of carbonyl (C=O) groups is 1. The normalized spacial score (nSPS) is 16.4. The number of halogens is 1. The molecular weight excluding hydrogens is 292 g/mol. The van der Waals surface area contributed by atoms with Crippen molar-refractivity contribution in [1.82, 2.24) is 9.88 Å². The third kappa shape index (κ3) is 3.16. The summed E-state index contributed by atoms with van der Waals surface area (Å²) in [6, 6.07) is 2.19. The van der Waals surface area contributed by atoms with Crippen molar-refractivity contribution in [2.24, 2.45) is 5.92 Å². The van der Waals surface area contributed by atoms with Crippen molar-refractivity contribution >= 4 is 21.8 Å². The fourth-order valence-corrected chi connectivity index (χ4v) is 3.03. The van der Waals surface area contributed by atoms with Crippen LogP contribution in [-0.2, 0) is 0 Å². The molecule has 1 aliphatic rings. The van der Waals surface area contributed by atoms with E-state index in [1.165, 1.54) is 25.7 Å². The van der Waals surface area contributed by atoms with Gasteiger partial charge in [-0.2, -0.15) is 0 Å². The van der Waals surface area contributed by atoms with E-state index in [0.29, 0.717) is 12.0 Å². The first-order valence-electron chi connectivity index (χ1n) is 6.73. The average molecular weight is 313 g/mol. The van der Waals surface area contributed by atoms with Crippen molar-refractivity contribution in [1.29, 1.82) is 0 Å². The number of aromatic nitrogens is 1. The molecule has 0 aromatic carbocycles. The molecule has 1 aromatic rings. The van der Waals surface area contributed by atoms with Gasteiger partial charge in [-0.3, -0.25) is 4.79 Å². The minimum atomic E-state index is 0.0429. The van der Waals surface area contributed by atoms with Gasteiger partial charge in [0, 0.05) is 23.3 Å². The number of nitrogens with zero attached hydrogens (tertiary/aromatic N) is 1. The molecule has 2 rings (SSSR count). The number of carbonyl (C=O) groups excluding carboxylic acids is 1. The summed E-state index contributed by atoms with van der Waals surface area (Å²) in [5.74, 6) is 0.723. The zero-order valence-electron chi connectivity index (χ0n) is 11.1. The van der Waals surface area contributed by atoms with E-state index >= 15 is 0 Å². The number of nitrogens with one attached hydrogen (secondary N) is 1. The molecule has 1 aliphatic carbocycles. The first kappa shape index (κ1) is 13.7. The third-order valence-corrected chi connectivity index (χ3v) is 4.06. The summed E-state index contributed by atoms with van der Waals surface area (Å²) in [5, 5.41) is 3.07. The second kappa shape index (κ2) is 5.91. The van der Waals surface area contributed by atoms with Crippen LogP contribution in [0.2, 0.25) is 0 Å². The summed E-state index contributed by atoms with van der Waals surface area (Å²) in [7, 11) is 0. The van der Waals surface area contributed by atoms with Crippen LogP contribution < -0.4 is 5.32 Å². The van der Waals surface area contributed by atoms with Crippen molar-refractivity contribution < 1.29 is 4.79 Å². The summed E-state index contributed by atoms with van der Waals surface area (Å²) >= 11 is 3.44. The minimum absolute atomic E-state index is 0.0429. The molecule has 3 nitrogen and oxygen atoms in total. The lowest BCUT2D eigenvalue weighted by Gasteiger charge is -2.14. The van der Waals surface area contributed by atoms with E-state index in [4.69, 9.17) is 0 Å². The van der Waals surface area contributed by atoms with Crippen molar-refractivity contribution in [2.75, 3.05) is 6.54 Å². The Balaban J connectivity index is 1.99. The van der Waals surface area contributed by atoms with E-state index < -0.39 is 0 Å². The van der Waals surface area contributed by atoms with E-state index in [1.807, 2.05) is 16.8 Å². The molecule has 1 aromatic heterocycles. The third-order valence-electron chi connectivity index (χ3n) is 3.63. The van der Waals surface area contributed by atoms with Crippen LogP contribution >= 0.6 is 15.9 Å². The molecular formula is C14H21BrN2O. The van der Waals surface area contributed by atoms with Crippen molar-refractivity contribution in [3.05, 3.63) is 22.4 Å². The smallest absolute Gasteiger partial charge is 0.267 e. The molecule has 0 spiro atoms. The Morgan fingerprint density at radius 2 is 2.17 bits per heavy atom. The lowest BCUT2D eigenvalue weighted by Crippen LogP contribution is -2.30. The van der Waals surface area contributed by atoms with Crippen LogP contribution in [0.4, 0.5) is 0 Å². The highest BCUT2D eigenvalue weighted by Crippen LogP contribution is 2.24. The maximum Gasteiger partial charge on any atom is 0.267 e. The molecule has 1 saturated carbocycles.